The Morgan fingerprint density at radius 2 is 1.55 bits per heavy atom. The van der Waals surface area contributed by atoms with Gasteiger partial charge in [-0.15, -0.1) is 0 Å². The molecule has 3 rings (SSSR count). The van der Waals surface area contributed by atoms with Crippen molar-refractivity contribution in [2.24, 2.45) is 0 Å². The molecule has 1 N–H and O–H groups in total. The van der Waals surface area contributed by atoms with Crippen molar-refractivity contribution >= 4 is 21.4 Å². The molecule has 0 radical (unpaired) electrons. The Kier molecular flexibility index (Phi) is 7.58. The third-order valence-electron chi connectivity index (χ3n) is 7.30. The first-order chi connectivity index (χ1) is 14.6. The quantitative estimate of drug-likeness (QED) is 0.399. The summed E-state index contributed by atoms with van der Waals surface area (Å²) in [6.45, 7) is 11.4. The normalized spacial score (nSPS) is 26.1. The molecule has 0 aromatic heterocycles. The van der Waals surface area contributed by atoms with Gasteiger partial charge in [0.05, 0.1) is 0 Å². The molecule has 5 heteroatoms. The lowest BCUT2D eigenvalue weighted by atomic mass is 9.82. The Hall–Kier alpha value is -1.32. The molecule has 31 heavy (non-hydrogen) atoms. The molecule has 0 amide bonds. The van der Waals surface area contributed by atoms with E-state index in [1.165, 1.54) is 0 Å². The van der Waals surface area contributed by atoms with E-state index in [1.54, 1.807) is 0 Å². The Labute approximate surface area is 190 Å². The van der Waals surface area contributed by atoms with Crippen LogP contribution in [0.5, 0.6) is 0 Å². The SMILES string of the molecule is CC(C)(C)[Si](C)(C)OC1CCC[C@H](O)[C@](c2ccccc2)([P+](=O)c2ccccc2)CC1. The molecule has 1 aliphatic rings. The van der Waals surface area contributed by atoms with E-state index in [1.807, 2.05) is 60.7 Å². The average Bonchev–Trinajstić information content (AvgIpc) is 2.73. The maximum absolute atomic E-state index is 14.1. The van der Waals surface area contributed by atoms with Crippen LogP contribution in [-0.4, -0.2) is 25.6 Å². The lowest BCUT2D eigenvalue weighted by Gasteiger charge is -2.41. The van der Waals surface area contributed by atoms with E-state index >= 15 is 0 Å². The molecule has 0 spiro atoms. The van der Waals surface area contributed by atoms with E-state index in [4.69, 9.17) is 4.43 Å². The van der Waals surface area contributed by atoms with Crippen molar-refractivity contribution in [3.8, 4) is 0 Å². The Morgan fingerprint density at radius 1 is 0.968 bits per heavy atom. The summed E-state index contributed by atoms with van der Waals surface area (Å²) in [5.74, 6) is 0. The predicted molar refractivity (Wildman–Crippen MR) is 133 cm³/mol. The summed E-state index contributed by atoms with van der Waals surface area (Å²) >= 11 is 0. The number of rotatable bonds is 5. The van der Waals surface area contributed by atoms with Gasteiger partial charge in [-0.1, -0.05) is 73.9 Å². The summed E-state index contributed by atoms with van der Waals surface area (Å²) in [7, 11) is -3.74. The van der Waals surface area contributed by atoms with Crippen LogP contribution in [0.2, 0.25) is 18.1 Å². The number of aliphatic hydroxyl groups excluding tert-OH is 1. The first kappa shape index (κ1) is 24.3. The fourth-order valence-electron chi connectivity index (χ4n) is 4.39. The van der Waals surface area contributed by atoms with Crippen molar-refractivity contribution in [2.45, 2.75) is 88.4 Å². The highest BCUT2D eigenvalue weighted by atomic mass is 31.1. The van der Waals surface area contributed by atoms with Crippen LogP contribution in [0, 0.1) is 0 Å². The fraction of sp³-hybridized carbons (Fsp3) is 0.538. The number of aliphatic hydroxyl groups is 1. The topological polar surface area (TPSA) is 46.5 Å². The molecule has 2 unspecified atom stereocenters. The molecule has 168 valence electrons. The maximum atomic E-state index is 14.1. The number of hydrogen-bond acceptors (Lipinski definition) is 3. The van der Waals surface area contributed by atoms with E-state index in [2.05, 4.69) is 33.9 Å². The minimum absolute atomic E-state index is 0.149. The van der Waals surface area contributed by atoms with Crippen LogP contribution >= 0.6 is 7.80 Å². The summed E-state index contributed by atoms with van der Waals surface area (Å²) < 4.78 is 20.9. The van der Waals surface area contributed by atoms with Crippen LogP contribution in [0.3, 0.4) is 0 Å². The second kappa shape index (κ2) is 9.66. The van der Waals surface area contributed by atoms with Crippen molar-refractivity contribution in [1.82, 2.24) is 0 Å². The Balaban J connectivity index is 1.98. The van der Waals surface area contributed by atoms with Crippen LogP contribution in [0.25, 0.3) is 0 Å². The monoisotopic (exact) mass is 457 g/mol. The lowest BCUT2D eigenvalue weighted by molar-refractivity contribution is 0.0685. The number of hydrogen-bond donors (Lipinski definition) is 1. The summed E-state index contributed by atoms with van der Waals surface area (Å²) in [5.41, 5.74) is 0.973. The number of benzene rings is 2. The summed E-state index contributed by atoms with van der Waals surface area (Å²) in [5, 5.41) is 11.6. The van der Waals surface area contributed by atoms with E-state index in [9.17, 15) is 9.67 Å². The molecule has 1 saturated carbocycles. The zero-order valence-electron chi connectivity index (χ0n) is 19.7. The minimum atomic E-state index is -1.90. The van der Waals surface area contributed by atoms with Gasteiger partial charge in [0.1, 0.15) is 6.10 Å². The second-order valence-corrected chi connectivity index (χ2v) is 17.1. The smallest absolute Gasteiger partial charge is 0.390 e. The van der Waals surface area contributed by atoms with Gasteiger partial charge in [-0.3, -0.25) is 0 Å². The zero-order valence-corrected chi connectivity index (χ0v) is 21.6. The van der Waals surface area contributed by atoms with Gasteiger partial charge in [-0.05, 0) is 55.9 Å². The highest BCUT2D eigenvalue weighted by Gasteiger charge is 2.57. The van der Waals surface area contributed by atoms with Crippen molar-refractivity contribution in [1.29, 1.82) is 0 Å². The summed E-state index contributed by atoms with van der Waals surface area (Å²) in [6, 6.07) is 19.7. The third-order valence-corrected chi connectivity index (χ3v) is 14.1. The minimum Gasteiger partial charge on any atom is -0.414 e. The van der Waals surface area contributed by atoms with E-state index in [0.717, 1.165) is 30.1 Å². The predicted octanol–water partition coefficient (Wildman–Crippen LogP) is 6.75. The molecular formula is C26H38O3PSi+. The van der Waals surface area contributed by atoms with Gasteiger partial charge in [0.15, 0.2) is 13.6 Å². The molecular weight excluding hydrogens is 419 g/mol. The molecule has 1 aliphatic carbocycles. The molecule has 2 aromatic carbocycles. The van der Waals surface area contributed by atoms with Gasteiger partial charge in [0, 0.05) is 18.1 Å². The molecule has 0 saturated heterocycles. The molecule has 2 aromatic rings. The largest absolute Gasteiger partial charge is 0.414 e. The molecule has 0 aliphatic heterocycles. The first-order valence-electron chi connectivity index (χ1n) is 11.5. The highest BCUT2D eigenvalue weighted by molar-refractivity contribution is 7.54. The van der Waals surface area contributed by atoms with Gasteiger partial charge < -0.3 is 9.53 Å². The molecule has 3 nitrogen and oxygen atoms in total. The Morgan fingerprint density at radius 3 is 2.13 bits per heavy atom. The van der Waals surface area contributed by atoms with E-state index in [0.29, 0.717) is 12.8 Å². The van der Waals surface area contributed by atoms with Gasteiger partial charge >= 0.3 is 7.80 Å². The standard InChI is InChI=1S/C26H38O3PSi/c1-25(2,3)31(4,5)29-22-15-12-18-24(27)26(20-19-22,21-13-8-6-9-14-21)30(28)23-16-10-7-11-17-23/h6-11,13-14,16-17,22,24,27H,12,15,18-20H2,1-5H3/q+1/t22?,24-,26-/m0/s1. The summed E-state index contributed by atoms with van der Waals surface area (Å²) in [6.07, 6.45) is 3.45. The zero-order chi connectivity index (χ0) is 22.7. The molecule has 1 fully saturated rings. The molecule has 0 heterocycles. The first-order valence-corrected chi connectivity index (χ1v) is 15.7. The maximum Gasteiger partial charge on any atom is 0.390 e. The van der Waals surface area contributed by atoms with Gasteiger partial charge in [0.25, 0.3) is 0 Å². The third kappa shape index (κ3) is 5.20. The molecule has 0 bridgehead atoms. The Bertz CT molecular complexity index is 863. The van der Waals surface area contributed by atoms with Crippen molar-refractivity contribution in [2.75, 3.05) is 0 Å². The van der Waals surface area contributed by atoms with Gasteiger partial charge in [-0.2, -0.15) is 0 Å². The van der Waals surface area contributed by atoms with Crippen molar-refractivity contribution in [3.63, 3.8) is 0 Å². The lowest BCUT2D eigenvalue weighted by Crippen LogP contribution is -2.46. The second-order valence-electron chi connectivity index (χ2n) is 10.4. The summed E-state index contributed by atoms with van der Waals surface area (Å²) in [4.78, 5) is 0. The van der Waals surface area contributed by atoms with Crippen LogP contribution in [-0.2, 0) is 14.1 Å². The average molecular weight is 458 g/mol. The van der Waals surface area contributed by atoms with E-state index in [-0.39, 0.29) is 11.1 Å². The van der Waals surface area contributed by atoms with Crippen LogP contribution in [0.15, 0.2) is 60.7 Å². The van der Waals surface area contributed by atoms with Gasteiger partial charge in [0.2, 0.25) is 5.16 Å². The highest BCUT2D eigenvalue weighted by Crippen LogP contribution is 2.55. The van der Waals surface area contributed by atoms with Crippen LogP contribution in [0.1, 0.15) is 58.4 Å². The fourth-order valence-corrected chi connectivity index (χ4v) is 7.83. The van der Waals surface area contributed by atoms with Crippen LogP contribution in [0.4, 0.5) is 0 Å². The van der Waals surface area contributed by atoms with Crippen molar-refractivity contribution < 1.29 is 14.1 Å². The van der Waals surface area contributed by atoms with Crippen LogP contribution < -0.4 is 5.30 Å². The van der Waals surface area contributed by atoms with Gasteiger partial charge in [-0.25, -0.2) is 0 Å². The van der Waals surface area contributed by atoms with E-state index < -0.39 is 27.4 Å². The molecule has 4 atom stereocenters. The van der Waals surface area contributed by atoms with Crippen molar-refractivity contribution in [3.05, 3.63) is 66.2 Å².